The molecule has 0 fully saturated rings. The zero-order valence-electron chi connectivity index (χ0n) is 28.1. The summed E-state index contributed by atoms with van der Waals surface area (Å²) in [5.41, 5.74) is -3.08. The molecule has 0 aliphatic heterocycles. The van der Waals surface area contributed by atoms with E-state index < -0.39 is 57.3 Å². The first-order valence-electron chi connectivity index (χ1n) is 16.1. The maximum absolute atomic E-state index is 15.8. The van der Waals surface area contributed by atoms with Crippen molar-refractivity contribution < 1.29 is 35.6 Å². The minimum Gasteiger partial charge on any atom is -0.352 e. The fourth-order valence-electron chi connectivity index (χ4n) is 5.45. The summed E-state index contributed by atoms with van der Waals surface area (Å²) < 4.78 is 88.6. The van der Waals surface area contributed by atoms with Crippen LogP contribution in [0.3, 0.4) is 0 Å². The first-order chi connectivity index (χ1) is 25.0. The van der Waals surface area contributed by atoms with Crippen molar-refractivity contribution in [3.05, 3.63) is 133 Å². The number of rotatable bonds is 12. The van der Waals surface area contributed by atoms with Gasteiger partial charge >= 0.3 is 11.9 Å². The second-order valence-corrected chi connectivity index (χ2v) is 14.3. The molecule has 0 saturated heterocycles. The highest BCUT2D eigenvalue weighted by Crippen LogP contribution is 2.34. The van der Waals surface area contributed by atoms with Gasteiger partial charge in [0.1, 0.15) is 11.6 Å². The number of nitrogens with zero attached hydrogens (tertiary/aromatic N) is 3. The molecule has 53 heavy (non-hydrogen) atoms. The molecular weight excluding hydrogens is 761 g/mol. The van der Waals surface area contributed by atoms with Gasteiger partial charge in [-0.2, -0.15) is 17.9 Å². The summed E-state index contributed by atoms with van der Waals surface area (Å²) >= 11 is 12.0. The molecule has 1 aromatic heterocycles. The van der Waals surface area contributed by atoms with E-state index in [2.05, 4.69) is 10.4 Å². The Bertz CT molecular complexity index is 2380. The molecule has 278 valence electrons. The molecular formula is C36H31Cl2F4N5O5S. The van der Waals surface area contributed by atoms with E-state index >= 15 is 4.39 Å². The Hall–Kier alpha value is -4.99. The normalized spacial score (nSPS) is 11.8. The zero-order valence-corrected chi connectivity index (χ0v) is 30.4. The largest absolute Gasteiger partial charge is 0.418 e. The number of hydrogen-bond donors (Lipinski definition) is 2. The third kappa shape index (κ3) is 8.64. The van der Waals surface area contributed by atoms with Crippen molar-refractivity contribution in [1.82, 2.24) is 24.4 Å². The Morgan fingerprint density at radius 3 is 2.32 bits per heavy atom. The molecule has 10 nitrogen and oxygen atoms in total. The van der Waals surface area contributed by atoms with Gasteiger partial charge < -0.3 is 5.32 Å². The Balaban J connectivity index is 1.51. The molecule has 0 radical (unpaired) electrons. The van der Waals surface area contributed by atoms with Crippen molar-refractivity contribution in [2.75, 3.05) is 6.54 Å². The number of aromatic nitrogens is 3. The summed E-state index contributed by atoms with van der Waals surface area (Å²) in [7, 11) is -4.54. The van der Waals surface area contributed by atoms with Crippen LogP contribution in [0, 0.1) is 5.82 Å². The number of carbonyl (C=O) groups is 2. The van der Waals surface area contributed by atoms with E-state index in [0.29, 0.717) is 23.6 Å². The average Bonchev–Trinajstić information content (AvgIpc) is 3.42. The van der Waals surface area contributed by atoms with E-state index in [1.807, 2.05) is 11.6 Å². The molecule has 0 aliphatic rings. The van der Waals surface area contributed by atoms with Crippen LogP contribution in [-0.2, 0) is 29.2 Å². The predicted octanol–water partition coefficient (Wildman–Crippen LogP) is 7.43. The second kappa shape index (κ2) is 15.9. The van der Waals surface area contributed by atoms with Crippen LogP contribution in [-0.4, -0.2) is 41.1 Å². The first kappa shape index (κ1) is 39.2. The number of sulfonamides is 1. The molecule has 5 aromatic rings. The molecule has 0 bridgehead atoms. The fourth-order valence-corrected chi connectivity index (χ4v) is 7.02. The number of aryl methyl sites for hydroxylation is 1. The summed E-state index contributed by atoms with van der Waals surface area (Å²) in [6.45, 7) is 3.42. The predicted molar refractivity (Wildman–Crippen MR) is 191 cm³/mol. The summed E-state index contributed by atoms with van der Waals surface area (Å²) in [6.07, 6.45) is -3.73. The summed E-state index contributed by atoms with van der Waals surface area (Å²) in [6, 6.07) is 15.9. The second-order valence-electron chi connectivity index (χ2n) is 11.8. The van der Waals surface area contributed by atoms with Crippen LogP contribution in [0.15, 0.2) is 88.6 Å². The van der Waals surface area contributed by atoms with Gasteiger partial charge in [-0.25, -0.2) is 22.3 Å². The molecule has 0 spiro atoms. The zero-order chi connectivity index (χ0) is 38.7. The van der Waals surface area contributed by atoms with Crippen molar-refractivity contribution in [3.8, 4) is 16.8 Å². The van der Waals surface area contributed by atoms with Gasteiger partial charge in [-0.3, -0.25) is 14.2 Å². The highest BCUT2D eigenvalue weighted by molar-refractivity contribution is 7.90. The quantitative estimate of drug-likeness (QED) is 0.127. The van der Waals surface area contributed by atoms with Gasteiger partial charge in [0.15, 0.2) is 0 Å². The third-order valence-corrected chi connectivity index (χ3v) is 9.96. The third-order valence-electron chi connectivity index (χ3n) is 8.01. The van der Waals surface area contributed by atoms with Gasteiger partial charge in [0, 0.05) is 34.7 Å². The fraction of sp³-hybridized carbons (Fsp3) is 0.222. The van der Waals surface area contributed by atoms with Crippen molar-refractivity contribution in [1.29, 1.82) is 0 Å². The van der Waals surface area contributed by atoms with Gasteiger partial charge in [-0.15, -0.1) is 5.10 Å². The molecule has 0 saturated carbocycles. The van der Waals surface area contributed by atoms with Gasteiger partial charge in [0.25, 0.3) is 21.8 Å². The number of benzene rings is 4. The van der Waals surface area contributed by atoms with Crippen LogP contribution >= 0.6 is 23.2 Å². The number of halogens is 6. The van der Waals surface area contributed by atoms with Crippen molar-refractivity contribution in [3.63, 3.8) is 0 Å². The minimum absolute atomic E-state index is 0.0367. The smallest absolute Gasteiger partial charge is 0.352 e. The lowest BCUT2D eigenvalue weighted by Gasteiger charge is -2.14. The number of amides is 2. The molecule has 5 rings (SSSR count). The highest BCUT2D eigenvalue weighted by atomic mass is 35.5. The highest BCUT2D eigenvalue weighted by Gasteiger charge is 2.36. The number of carbonyl (C=O) groups excluding carboxylic acids is 2. The first-order valence-corrected chi connectivity index (χ1v) is 18.4. The van der Waals surface area contributed by atoms with Crippen molar-refractivity contribution >= 4 is 45.0 Å². The lowest BCUT2D eigenvalue weighted by Crippen LogP contribution is -2.31. The van der Waals surface area contributed by atoms with E-state index in [0.717, 1.165) is 22.8 Å². The molecule has 0 unspecified atom stereocenters. The van der Waals surface area contributed by atoms with Gasteiger partial charge in [0.2, 0.25) is 0 Å². The maximum atomic E-state index is 15.8. The topological polar surface area (TPSA) is 132 Å². The Kier molecular flexibility index (Phi) is 11.8. The molecule has 0 atom stereocenters. The molecule has 1 heterocycles. The Morgan fingerprint density at radius 2 is 1.64 bits per heavy atom. The van der Waals surface area contributed by atoms with Crippen LogP contribution in [0.25, 0.3) is 16.8 Å². The van der Waals surface area contributed by atoms with E-state index in [-0.39, 0.29) is 61.5 Å². The van der Waals surface area contributed by atoms with Crippen LogP contribution < -0.4 is 15.7 Å². The number of nitrogens with one attached hydrogen (secondary N) is 2. The van der Waals surface area contributed by atoms with E-state index in [1.54, 1.807) is 6.92 Å². The van der Waals surface area contributed by atoms with Gasteiger partial charge in [-0.1, -0.05) is 67.4 Å². The van der Waals surface area contributed by atoms with Gasteiger partial charge in [-0.05, 0) is 66.9 Å². The lowest BCUT2D eigenvalue weighted by molar-refractivity contribution is -0.137. The van der Waals surface area contributed by atoms with Crippen LogP contribution in [0.2, 0.25) is 10.0 Å². The monoisotopic (exact) mass is 791 g/mol. The summed E-state index contributed by atoms with van der Waals surface area (Å²) in [5, 5.41) is 6.89. The molecule has 0 aliphatic carbocycles. The Morgan fingerprint density at radius 1 is 0.906 bits per heavy atom. The Labute approximate surface area is 311 Å². The molecule has 4 aromatic carbocycles. The van der Waals surface area contributed by atoms with Gasteiger partial charge in [0.05, 0.1) is 33.3 Å². The molecule has 2 N–H and O–H groups in total. The minimum atomic E-state index is -4.90. The molecule has 17 heteroatoms. The van der Waals surface area contributed by atoms with E-state index in [4.69, 9.17) is 23.2 Å². The standard InChI is InChI=1S/C36H31Cl2F4N5O5S/c1-3-7-32-44-47(30-18-22(33(48)43-16-4-2)12-14-27(30)36(40,41)42)35(50)46(32)20-23-11-10-21(17-29(23)39)25-8-5-6-9-31(25)53(51,52)45-34(49)26-19-24(37)13-15-28(26)38/h5-6,8-15,17-19H,3-4,7,16,20H2,1-2H3,(H,43,48)(H,45,49). The average molecular weight is 793 g/mol. The van der Waals surface area contributed by atoms with E-state index in [1.165, 1.54) is 54.6 Å². The van der Waals surface area contributed by atoms with Crippen molar-refractivity contribution in [2.45, 2.75) is 50.7 Å². The van der Waals surface area contributed by atoms with Crippen LogP contribution in [0.4, 0.5) is 17.6 Å². The summed E-state index contributed by atoms with van der Waals surface area (Å²) in [4.78, 5) is 38.9. The molecule has 2 amide bonds. The lowest BCUT2D eigenvalue weighted by atomic mass is 10.0. The maximum Gasteiger partial charge on any atom is 0.418 e. The van der Waals surface area contributed by atoms with Crippen molar-refractivity contribution in [2.24, 2.45) is 0 Å². The summed E-state index contributed by atoms with van der Waals surface area (Å²) in [5.74, 6) is -2.47. The van der Waals surface area contributed by atoms with E-state index in [9.17, 15) is 36.0 Å². The SMILES string of the molecule is CCCNC(=O)c1ccc(C(F)(F)F)c(-n2nc(CCC)n(Cc3ccc(-c4ccccc4S(=O)(=O)NC(=O)c4cc(Cl)ccc4Cl)cc3F)c2=O)c1. The van der Waals surface area contributed by atoms with Crippen LogP contribution in [0.5, 0.6) is 0 Å². The van der Waals surface area contributed by atoms with Crippen LogP contribution in [0.1, 0.15) is 64.4 Å². The number of hydrogen-bond acceptors (Lipinski definition) is 6. The number of alkyl halides is 3.